The van der Waals surface area contributed by atoms with Crippen molar-refractivity contribution in [3.8, 4) is 11.4 Å². The van der Waals surface area contributed by atoms with Crippen molar-refractivity contribution in [1.82, 2.24) is 15.0 Å². The predicted octanol–water partition coefficient (Wildman–Crippen LogP) is 4.96. The molecular weight excluding hydrogens is 348 g/mol. The lowest BCUT2D eigenvalue weighted by atomic mass is 9.95. The van der Waals surface area contributed by atoms with Gasteiger partial charge in [0, 0.05) is 18.2 Å². The number of aromatic nitrogens is 2. The molecule has 1 aromatic heterocycles. The molecule has 1 aliphatic rings. The van der Waals surface area contributed by atoms with E-state index in [1.54, 1.807) is 24.3 Å². The average Bonchev–Trinajstić information content (AvgIpc) is 3.18. The number of nitrogens with zero attached hydrogens (tertiary/aromatic N) is 3. The molecular formula is C21H21F2N3O. The number of halogens is 2. The lowest BCUT2D eigenvalue weighted by Gasteiger charge is -2.35. The van der Waals surface area contributed by atoms with Crippen molar-refractivity contribution in [2.45, 2.75) is 31.7 Å². The first-order valence-corrected chi connectivity index (χ1v) is 9.19. The van der Waals surface area contributed by atoms with Crippen LogP contribution in [0.3, 0.4) is 0 Å². The van der Waals surface area contributed by atoms with E-state index in [2.05, 4.69) is 22.0 Å². The van der Waals surface area contributed by atoms with Gasteiger partial charge in [0.2, 0.25) is 11.7 Å². The molecule has 0 radical (unpaired) electrons. The van der Waals surface area contributed by atoms with Crippen LogP contribution in [0, 0.1) is 11.6 Å². The minimum Gasteiger partial charge on any atom is -0.339 e. The van der Waals surface area contributed by atoms with Gasteiger partial charge in [0.05, 0.1) is 5.92 Å². The molecule has 27 heavy (non-hydrogen) atoms. The molecule has 1 aliphatic heterocycles. The highest BCUT2D eigenvalue weighted by Gasteiger charge is 2.29. The molecule has 3 aromatic rings. The Hall–Kier alpha value is -2.60. The van der Waals surface area contributed by atoms with Crippen molar-refractivity contribution in [3.63, 3.8) is 0 Å². The van der Waals surface area contributed by atoms with Gasteiger partial charge in [-0.15, -0.1) is 0 Å². The summed E-state index contributed by atoms with van der Waals surface area (Å²) in [5.74, 6) is 0.702. The maximum Gasteiger partial charge on any atom is 0.231 e. The second kappa shape index (κ2) is 7.56. The highest BCUT2D eigenvalue weighted by Crippen LogP contribution is 2.32. The fourth-order valence-corrected chi connectivity index (χ4v) is 3.65. The number of hydrogen-bond acceptors (Lipinski definition) is 4. The van der Waals surface area contributed by atoms with Crippen LogP contribution in [0.4, 0.5) is 8.78 Å². The highest BCUT2D eigenvalue weighted by molar-refractivity contribution is 5.53. The van der Waals surface area contributed by atoms with Gasteiger partial charge in [0.15, 0.2) is 0 Å². The second-order valence-electron chi connectivity index (χ2n) is 7.03. The lowest BCUT2D eigenvalue weighted by Crippen LogP contribution is -2.36. The zero-order valence-corrected chi connectivity index (χ0v) is 15.1. The Balaban J connectivity index is 1.49. The SMILES string of the molecule is C[C@H](c1cccc(F)c1)N1CCC[C@@H](c2nc(-c3ccc(F)cc3)no2)C1. The normalized spacial score (nSPS) is 19.1. The van der Waals surface area contributed by atoms with Gasteiger partial charge in [0.1, 0.15) is 11.6 Å². The van der Waals surface area contributed by atoms with E-state index in [-0.39, 0.29) is 23.6 Å². The standard InChI is InChI=1S/C21H21F2N3O/c1-14(16-4-2-6-19(23)12-16)26-11-3-5-17(13-26)21-24-20(25-27-21)15-7-9-18(22)10-8-15/h2,4,6-10,12,14,17H,3,5,11,13H2,1H3/t14-,17-/m1/s1. The third-order valence-electron chi connectivity index (χ3n) is 5.23. The van der Waals surface area contributed by atoms with E-state index in [0.29, 0.717) is 11.7 Å². The van der Waals surface area contributed by atoms with E-state index >= 15 is 0 Å². The first-order chi connectivity index (χ1) is 13.1. The Bertz CT molecular complexity index is 910. The monoisotopic (exact) mass is 369 g/mol. The highest BCUT2D eigenvalue weighted by atomic mass is 19.1. The summed E-state index contributed by atoms with van der Waals surface area (Å²) < 4.78 is 32.1. The first kappa shape index (κ1) is 17.8. The van der Waals surface area contributed by atoms with Crippen molar-refractivity contribution < 1.29 is 13.3 Å². The number of likely N-dealkylation sites (tertiary alicyclic amines) is 1. The number of hydrogen-bond donors (Lipinski definition) is 0. The van der Waals surface area contributed by atoms with Crippen LogP contribution in [0.2, 0.25) is 0 Å². The molecule has 4 nitrogen and oxygen atoms in total. The maximum atomic E-state index is 13.5. The fraction of sp³-hybridized carbons (Fsp3) is 0.333. The van der Waals surface area contributed by atoms with E-state index in [4.69, 9.17) is 4.52 Å². The Morgan fingerprint density at radius 2 is 1.93 bits per heavy atom. The molecule has 140 valence electrons. The largest absolute Gasteiger partial charge is 0.339 e. The Morgan fingerprint density at radius 1 is 1.11 bits per heavy atom. The molecule has 0 spiro atoms. The molecule has 1 fully saturated rings. The van der Waals surface area contributed by atoms with Gasteiger partial charge in [-0.1, -0.05) is 17.3 Å². The van der Waals surface area contributed by atoms with Crippen LogP contribution in [0.25, 0.3) is 11.4 Å². The van der Waals surface area contributed by atoms with Crippen LogP contribution in [0.1, 0.15) is 43.2 Å². The van der Waals surface area contributed by atoms with Gasteiger partial charge in [-0.25, -0.2) is 8.78 Å². The van der Waals surface area contributed by atoms with E-state index in [1.165, 1.54) is 18.2 Å². The van der Waals surface area contributed by atoms with Crippen molar-refractivity contribution in [2.75, 3.05) is 13.1 Å². The van der Waals surface area contributed by atoms with E-state index in [1.807, 2.05) is 6.07 Å². The molecule has 1 saturated heterocycles. The zero-order chi connectivity index (χ0) is 18.8. The van der Waals surface area contributed by atoms with Gasteiger partial charge < -0.3 is 4.52 Å². The Morgan fingerprint density at radius 3 is 2.70 bits per heavy atom. The minimum atomic E-state index is -0.295. The molecule has 0 unspecified atom stereocenters. The average molecular weight is 369 g/mol. The molecule has 2 aromatic carbocycles. The summed E-state index contributed by atoms with van der Waals surface area (Å²) in [6.45, 7) is 3.82. The minimum absolute atomic E-state index is 0.114. The predicted molar refractivity (Wildman–Crippen MR) is 98.1 cm³/mol. The van der Waals surface area contributed by atoms with Gasteiger partial charge in [-0.3, -0.25) is 4.90 Å². The van der Waals surface area contributed by atoms with Gasteiger partial charge in [-0.2, -0.15) is 4.98 Å². The molecule has 0 aliphatic carbocycles. The van der Waals surface area contributed by atoms with Crippen LogP contribution in [0.15, 0.2) is 53.1 Å². The Kier molecular flexibility index (Phi) is 4.99. The van der Waals surface area contributed by atoms with Crippen LogP contribution in [-0.2, 0) is 0 Å². The molecule has 0 saturated carbocycles. The van der Waals surface area contributed by atoms with E-state index in [9.17, 15) is 8.78 Å². The van der Waals surface area contributed by atoms with Crippen LogP contribution in [-0.4, -0.2) is 28.1 Å². The summed E-state index contributed by atoms with van der Waals surface area (Å²) in [5, 5.41) is 4.05. The summed E-state index contributed by atoms with van der Waals surface area (Å²) in [6.07, 6.45) is 1.98. The molecule has 0 bridgehead atoms. The summed E-state index contributed by atoms with van der Waals surface area (Å²) in [6, 6.07) is 12.9. The van der Waals surface area contributed by atoms with Gasteiger partial charge in [-0.05, 0) is 68.3 Å². The number of rotatable bonds is 4. The summed E-state index contributed by atoms with van der Waals surface area (Å²) in [5.41, 5.74) is 1.69. The van der Waals surface area contributed by atoms with Crippen molar-refractivity contribution in [2.24, 2.45) is 0 Å². The summed E-state index contributed by atoms with van der Waals surface area (Å²) >= 11 is 0. The first-order valence-electron chi connectivity index (χ1n) is 9.19. The molecule has 4 rings (SSSR count). The molecule has 0 amide bonds. The van der Waals surface area contributed by atoms with Crippen LogP contribution in [0.5, 0.6) is 0 Å². The third-order valence-corrected chi connectivity index (χ3v) is 5.23. The smallest absolute Gasteiger partial charge is 0.231 e. The van der Waals surface area contributed by atoms with Crippen molar-refractivity contribution >= 4 is 0 Å². The van der Waals surface area contributed by atoms with Crippen LogP contribution >= 0.6 is 0 Å². The fourth-order valence-electron chi connectivity index (χ4n) is 3.65. The lowest BCUT2D eigenvalue weighted by molar-refractivity contribution is 0.144. The van der Waals surface area contributed by atoms with E-state index in [0.717, 1.165) is 37.1 Å². The van der Waals surface area contributed by atoms with Crippen molar-refractivity contribution in [3.05, 3.63) is 71.6 Å². The quantitative estimate of drug-likeness (QED) is 0.652. The summed E-state index contributed by atoms with van der Waals surface area (Å²) in [7, 11) is 0. The van der Waals surface area contributed by atoms with Crippen LogP contribution < -0.4 is 0 Å². The van der Waals surface area contributed by atoms with Crippen molar-refractivity contribution in [1.29, 1.82) is 0 Å². The number of piperidine rings is 1. The third kappa shape index (κ3) is 3.90. The molecule has 0 N–H and O–H groups in total. The Labute approximate surface area is 156 Å². The molecule has 2 atom stereocenters. The summed E-state index contributed by atoms with van der Waals surface area (Å²) in [4.78, 5) is 6.85. The van der Waals surface area contributed by atoms with Gasteiger partial charge >= 0.3 is 0 Å². The maximum absolute atomic E-state index is 13.5. The zero-order valence-electron chi connectivity index (χ0n) is 15.1. The van der Waals surface area contributed by atoms with E-state index < -0.39 is 0 Å². The molecule has 2 heterocycles. The number of benzene rings is 2. The second-order valence-corrected chi connectivity index (χ2v) is 7.03. The topological polar surface area (TPSA) is 42.2 Å². The molecule has 6 heteroatoms. The van der Waals surface area contributed by atoms with Gasteiger partial charge in [0.25, 0.3) is 0 Å².